The van der Waals surface area contributed by atoms with Gasteiger partial charge in [0.1, 0.15) is 5.75 Å². The van der Waals surface area contributed by atoms with E-state index in [1.54, 1.807) is 12.1 Å². The predicted octanol–water partition coefficient (Wildman–Crippen LogP) is 2.48. The number of aliphatic hydroxyl groups excluding tert-OH is 1. The zero-order chi connectivity index (χ0) is 13.8. The minimum absolute atomic E-state index is 0.0928. The lowest BCUT2D eigenvalue weighted by Gasteiger charge is -2.28. The highest BCUT2D eigenvalue weighted by Gasteiger charge is 2.23. The van der Waals surface area contributed by atoms with Gasteiger partial charge < -0.3 is 15.6 Å². The fourth-order valence-electron chi connectivity index (χ4n) is 2.45. The molecule has 0 atom stereocenters. The number of benzene rings is 1. The number of rotatable bonds is 4. The summed E-state index contributed by atoms with van der Waals surface area (Å²) in [6.07, 6.45) is 3.81. The minimum Gasteiger partial charge on any atom is -0.490 e. The molecule has 0 aliphatic heterocycles. The molecule has 19 heavy (non-hydrogen) atoms. The van der Waals surface area contributed by atoms with Gasteiger partial charge in [0.05, 0.1) is 11.7 Å². The van der Waals surface area contributed by atoms with Crippen LogP contribution >= 0.6 is 15.9 Å². The van der Waals surface area contributed by atoms with Gasteiger partial charge in [0.2, 0.25) is 0 Å². The van der Waals surface area contributed by atoms with Gasteiger partial charge in [-0.15, -0.1) is 0 Å². The van der Waals surface area contributed by atoms with Gasteiger partial charge in [-0.25, -0.2) is 0 Å². The summed E-state index contributed by atoms with van der Waals surface area (Å²) in [7, 11) is 0. The van der Waals surface area contributed by atoms with E-state index < -0.39 is 5.91 Å². The lowest BCUT2D eigenvalue weighted by atomic mass is 9.88. The van der Waals surface area contributed by atoms with E-state index in [1.807, 2.05) is 6.07 Å². The number of primary amides is 1. The van der Waals surface area contributed by atoms with Gasteiger partial charge in [-0.1, -0.05) is 6.07 Å². The third kappa shape index (κ3) is 3.48. The van der Waals surface area contributed by atoms with Crippen molar-refractivity contribution >= 4 is 21.8 Å². The maximum Gasteiger partial charge on any atom is 0.253 e. The van der Waals surface area contributed by atoms with Crippen LogP contribution in [-0.2, 0) is 0 Å². The summed E-state index contributed by atoms with van der Waals surface area (Å²) < 4.78 is 6.56. The van der Waals surface area contributed by atoms with Crippen LogP contribution in [0, 0.1) is 5.92 Å². The molecule has 1 fully saturated rings. The highest BCUT2D eigenvalue weighted by atomic mass is 79.9. The van der Waals surface area contributed by atoms with Crippen molar-refractivity contribution < 1.29 is 14.6 Å². The number of hydrogen-bond acceptors (Lipinski definition) is 3. The first-order chi connectivity index (χ1) is 9.11. The van der Waals surface area contributed by atoms with Crippen LogP contribution in [0.1, 0.15) is 36.0 Å². The molecular formula is C14H18BrNO3. The SMILES string of the molecule is NC(=O)c1c(Br)cccc1OC1CCC(CO)CC1. The topological polar surface area (TPSA) is 72.6 Å². The van der Waals surface area contributed by atoms with E-state index in [2.05, 4.69) is 15.9 Å². The van der Waals surface area contributed by atoms with E-state index in [4.69, 9.17) is 15.6 Å². The van der Waals surface area contributed by atoms with Crippen LogP contribution in [0.5, 0.6) is 5.75 Å². The van der Waals surface area contributed by atoms with Crippen molar-refractivity contribution in [2.45, 2.75) is 31.8 Å². The monoisotopic (exact) mass is 327 g/mol. The van der Waals surface area contributed by atoms with Crippen LogP contribution in [0.3, 0.4) is 0 Å². The van der Waals surface area contributed by atoms with Crippen LogP contribution in [0.15, 0.2) is 22.7 Å². The largest absolute Gasteiger partial charge is 0.490 e. The first-order valence-corrected chi connectivity index (χ1v) is 7.27. The summed E-state index contributed by atoms with van der Waals surface area (Å²) in [5.41, 5.74) is 5.78. The van der Waals surface area contributed by atoms with E-state index in [9.17, 15) is 4.79 Å². The maximum atomic E-state index is 11.5. The van der Waals surface area contributed by atoms with Crippen molar-refractivity contribution in [3.8, 4) is 5.75 Å². The summed E-state index contributed by atoms with van der Waals surface area (Å²) in [4.78, 5) is 11.5. The second-order valence-electron chi connectivity index (χ2n) is 4.92. The molecule has 0 aromatic heterocycles. The standard InChI is InChI=1S/C14H18BrNO3/c15-11-2-1-3-12(13(11)14(16)18)19-10-6-4-9(8-17)5-7-10/h1-3,9-10,17H,4-8H2,(H2,16,18). The van der Waals surface area contributed by atoms with Crippen molar-refractivity contribution in [1.29, 1.82) is 0 Å². The highest BCUT2D eigenvalue weighted by Crippen LogP contribution is 2.31. The molecule has 1 amide bonds. The van der Waals surface area contributed by atoms with Gasteiger partial charge >= 0.3 is 0 Å². The molecule has 0 radical (unpaired) electrons. The zero-order valence-corrected chi connectivity index (χ0v) is 12.2. The second-order valence-corrected chi connectivity index (χ2v) is 5.77. The first kappa shape index (κ1) is 14.3. The number of carbonyl (C=O) groups is 1. The van der Waals surface area contributed by atoms with Crippen LogP contribution in [-0.4, -0.2) is 23.7 Å². The van der Waals surface area contributed by atoms with Crippen molar-refractivity contribution in [2.24, 2.45) is 11.7 Å². The number of aliphatic hydroxyl groups is 1. The van der Waals surface area contributed by atoms with E-state index in [0.29, 0.717) is 21.7 Å². The molecule has 0 bridgehead atoms. The van der Waals surface area contributed by atoms with Gasteiger partial charge in [0.25, 0.3) is 5.91 Å². The molecule has 0 saturated heterocycles. The van der Waals surface area contributed by atoms with Gasteiger partial charge in [0, 0.05) is 11.1 Å². The third-order valence-electron chi connectivity index (χ3n) is 3.57. The summed E-state index contributed by atoms with van der Waals surface area (Å²) in [6, 6.07) is 5.36. The van der Waals surface area contributed by atoms with Gasteiger partial charge in [-0.2, -0.15) is 0 Å². The minimum atomic E-state index is -0.494. The van der Waals surface area contributed by atoms with Gasteiger partial charge in [-0.3, -0.25) is 4.79 Å². The van der Waals surface area contributed by atoms with E-state index in [0.717, 1.165) is 25.7 Å². The molecule has 0 spiro atoms. The number of carbonyl (C=O) groups excluding carboxylic acids is 1. The van der Waals surface area contributed by atoms with E-state index in [1.165, 1.54) is 0 Å². The number of ether oxygens (including phenoxy) is 1. The van der Waals surface area contributed by atoms with Crippen molar-refractivity contribution in [3.63, 3.8) is 0 Å². The average molecular weight is 328 g/mol. The normalized spacial score (nSPS) is 23.1. The lowest BCUT2D eigenvalue weighted by molar-refractivity contribution is 0.0952. The van der Waals surface area contributed by atoms with Crippen LogP contribution in [0.4, 0.5) is 0 Å². The Labute approximate surface area is 121 Å². The summed E-state index contributed by atoms with van der Waals surface area (Å²) >= 11 is 3.32. The Kier molecular flexibility index (Phi) is 4.82. The van der Waals surface area contributed by atoms with Gasteiger partial charge in [-0.05, 0) is 59.7 Å². The second kappa shape index (κ2) is 6.39. The summed E-state index contributed by atoms with van der Waals surface area (Å²) in [5, 5.41) is 9.11. The number of amides is 1. The van der Waals surface area contributed by atoms with Crippen LogP contribution in [0.2, 0.25) is 0 Å². The average Bonchev–Trinajstić information content (AvgIpc) is 2.39. The smallest absolute Gasteiger partial charge is 0.253 e. The molecular weight excluding hydrogens is 310 g/mol. The Morgan fingerprint density at radius 1 is 1.37 bits per heavy atom. The Hall–Kier alpha value is -1.07. The Bertz CT molecular complexity index is 456. The van der Waals surface area contributed by atoms with Crippen molar-refractivity contribution in [2.75, 3.05) is 6.61 Å². The third-order valence-corrected chi connectivity index (χ3v) is 4.23. The predicted molar refractivity (Wildman–Crippen MR) is 76.1 cm³/mol. The molecule has 2 rings (SSSR count). The first-order valence-electron chi connectivity index (χ1n) is 6.47. The Balaban J connectivity index is 2.08. The Morgan fingerprint density at radius 3 is 2.63 bits per heavy atom. The van der Waals surface area contributed by atoms with Crippen LogP contribution < -0.4 is 10.5 Å². The highest BCUT2D eigenvalue weighted by molar-refractivity contribution is 9.10. The molecule has 5 heteroatoms. The molecule has 1 aliphatic rings. The molecule has 4 nitrogen and oxygen atoms in total. The summed E-state index contributed by atoms with van der Waals surface area (Å²) in [6.45, 7) is 0.246. The molecule has 104 valence electrons. The number of hydrogen-bond donors (Lipinski definition) is 2. The zero-order valence-electron chi connectivity index (χ0n) is 10.6. The van der Waals surface area contributed by atoms with Crippen molar-refractivity contribution in [3.05, 3.63) is 28.2 Å². The number of halogens is 1. The molecule has 0 unspecified atom stereocenters. The van der Waals surface area contributed by atoms with E-state index in [-0.39, 0.29) is 12.7 Å². The maximum absolute atomic E-state index is 11.5. The summed E-state index contributed by atoms with van der Waals surface area (Å²) in [5.74, 6) is 0.429. The quantitative estimate of drug-likeness (QED) is 0.892. The molecule has 0 heterocycles. The number of nitrogens with two attached hydrogens (primary N) is 1. The van der Waals surface area contributed by atoms with Crippen molar-refractivity contribution in [1.82, 2.24) is 0 Å². The molecule has 1 aliphatic carbocycles. The molecule has 3 N–H and O–H groups in total. The van der Waals surface area contributed by atoms with Gasteiger partial charge in [0.15, 0.2) is 0 Å². The fraction of sp³-hybridized carbons (Fsp3) is 0.500. The lowest BCUT2D eigenvalue weighted by Crippen LogP contribution is -2.26. The van der Waals surface area contributed by atoms with Crippen LogP contribution in [0.25, 0.3) is 0 Å². The molecule has 1 aromatic rings. The molecule has 1 saturated carbocycles. The molecule has 1 aromatic carbocycles. The van der Waals surface area contributed by atoms with E-state index >= 15 is 0 Å². The fourth-order valence-corrected chi connectivity index (χ4v) is 3.00. The Morgan fingerprint density at radius 2 is 2.05 bits per heavy atom.